The summed E-state index contributed by atoms with van der Waals surface area (Å²) in [7, 11) is 1.64. The molecule has 1 atom stereocenters. The largest absolute Gasteiger partial charge is 0.508 e. The van der Waals surface area contributed by atoms with E-state index in [0.29, 0.717) is 18.3 Å². The number of nitrogens with zero attached hydrogens (tertiary/aromatic N) is 2. The lowest BCUT2D eigenvalue weighted by molar-refractivity contribution is 0.0854. The van der Waals surface area contributed by atoms with E-state index < -0.39 is 0 Å². The third kappa shape index (κ3) is 3.71. The first kappa shape index (κ1) is 14.3. The van der Waals surface area contributed by atoms with Gasteiger partial charge in [0.05, 0.1) is 6.54 Å². The van der Waals surface area contributed by atoms with E-state index in [1.807, 2.05) is 0 Å². The van der Waals surface area contributed by atoms with Crippen molar-refractivity contribution in [2.75, 3.05) is 12.4 Å². The van der Waals surface area contributed by atoms with Crippen molar-refractivity contribution in [2.45, 2.75) is 32.4 Å². The van der Waals surface area contributed by atoms with Crippen molar-refractivity contribution >= 4 is 5.69 Å². The summed E-state index contributed by atoms with van der Waals surface area (Å²) in [5, 5.41) is 16.3. The molecule has 0 aliphatic heterocycles. The molecule has 0 radical (unpaired) electrons. The van der Waals surface area contributed by atoms with Crippen molar-refractivity contribution in [1.82, 2.24) is 10.1 Å². The van der Waals surface area contributed by atoms with Crippen LogP contribution in [0.1, 0.15) is 37.6 Å². The maximum absolute atomic E-state index is 9.20. The van der Waals surface area contributed by atoms with E-state index in [4.69, 9.17) is 9.26 Å². The van der Waals surface area contributed by atoms with Crippen molar-refractivity contribution in [3.8, 4) is 5.75 Å². The Labute approximate surface area is 117 Å². The fraction of sp³-hybridized carbons (Fsp3) is 0.429. The van der Waals surface area contributed by atoms with E-state index in [0.717, 1.165) is 18.5 Å². The van der Waals surface area contributed by atoms with Gasteiger partial charge in [0, 0.05) is 12.8 Å². The van der Waals surface area contributed by atoms with Crippen molar-refractivity contribution in [2.24, 2.45) is 0 Å². The molecule has 2 aromatic rings. The summed E-state index contributed by atoms with van der Waals surface area (Å²) in [4.78, 5) is 4.32. The van der Waals surface area contributed by atoms with Crippen LogP contribution < -0.4 is 5.32 Å². The second kappa shape index (κ2) is 6.91. The number of nitrogens with one attached hydrogen (secondary N) is 1. The SMILES string of the molecule is CCCC(OC)c1noc(CNc2ccc(O)cc2)n1. The molecule has 0 fully saturated rings. The summed E-state index contributed by atoms with van der Waals surface area (Å²) in [6.45, 7) is 2.51. The topological polar surface area (TPSA) is 80.4 Å². The molecule has 20 heavy (non-hydrogen) atoms. The molecule has 2 N–H and O–H groups in total. The molecule has 6 heteroatoms. The zero-order valence-corrected chi connectivity index (χ0v) is 11.7. The number of phenolic OH excluding ortho intramolecular Hbond substituents is 1. The summed E-state index contributed by atoms with van der Waals surface area (Å²) in [6.07, 6.45) is 1.74. The van der Waals surface area contributed by atoms with Gasteiger partial charge >= 0.3 is 0 Å². The van der Waals surface area contributed by atoms with Crippen LogP contribution in [0.2, 0.25) is 0 Å². The third-order valence-electron chi connectivity index (χ3n) is 2.92. The fourth-order valence-electron chi connectivity index (χ4n) is 1.84. The first-order valence-corrected chi connectivity index (χ1v) is 6.61. The zero-order chi connectivity index (χ0) is 14.4. The zero-order valence-electron chi connectivity index (χ0n) is 11.7. The Morgan fingerprint density at radius 1 is 1.35 bits per heavy atom. The van der Waals surface area contributed by atoms with Crippen LogP contribution >= 0.6 is 0 Å². The van der Waals surface area contributed by atoms with Crippen LogP contribution in [0.4, 0.5) is 5.69 Å². The summed E-state index contributed by atoms with van der Waals surface area (Å²) >= 11 is 0. The Morgan fingerprint density at radius 3 is 2.75 bits per heavy atom. The Morgan fingerprint density at radius 2 is 2.10 bits per heavy atom. The number of methoxy groups -OCH3 is 1. The van der Waals surface area contributed by atoms with Gasteiger partial charge in [-0.25, -0.2) is 0 Å². The summed E-state index contributed by atoms with van der Waals surface area (Å²) in [5.74, 6) is 1.32. The van der Waals surface area contributed by atoms with Crippen LogP contribution in [0, 0.1) is 0 Å². The van der Waals surface area contributed by atoms with Crippen LogP contribution in [0.3, 0.4) is 0 Å². The van der Waals surface area contributed by atoms with Gasteiger partial charge in [-0.1, -0.05) is 18.5 Å². The number of ether oxygens (including phenoxy) is 1. The molecule has 1 aromatic carbocycles. The molecule has 0 bridgehead atoms. The monoisotopic (exact) mass is 277 g/mol. The van der Waals surface area contributed by atoms with Gasteiger partial charge in [0.15, 0.2) is 0 Å². The van der Waals surface area contributed by atoms with Gasteiger partial charge in [-0.3, -0.25) is 0 Å². The highest BCUT2D eigenvalue weighted by atomic mass is 16.5. The maximum Gasteiger partial charge on any atom is 0.246 e. The van der Waals surface area contributed by atoms with Crippen molar-refractivity contribution in [3.63, 3.8) is 0 Å². The van der Waals surface area contributed by atoms with Gasteiger partial charge in [-0.15, -0.1) is 0 Å². The second-order valence-corrected chi connectivity index (χ2v) is 4.46. The van der Waals surface area contributed by atoms with Crippen LogP contribution in [0.15, 0.2) is 28.8 Å². The van der Waals surface area contributed by atoms with Crippen LogP contribution in [-0.4, -0.2) is 22.4 Å². The quantitative estimate of drug-likeness (QED) is 0.757. The Hall–Kier alpha value is -2.08. The summed E-state index contributed by atoms with van der Waals surface area (Å²) in [5.41, 5.74) is 0.874. The Kier molecular flexibility index (Phi) is 4.95. The van der Waals surface area contributed by atoms with E-state index >= 15 is 0 Å². The van der Waals surface area contributed by atoms with E-state index in [-0.39, 0.29) is 11.9 Å². The van der Waals surface area contributed by atoms with E-state index in [1.165, 1.54) is 0 Å². The Balaban J connectivity index is 1.93. The lowest BCUT2D eigenvalue weighted by Gasteiger charge is -2.08. The van der Waals surface area contributed by atoms with Gasteiger partial charge in [0.25, 0.3) is 0 Å². The molecular formula is C14H19N3O3. The maximum atomic E-state index is 9.20. The molecule has 0 saturated heterocycles. The molecule has 1 unspecified atom stereocenters. The lowest BCUT2D eigenvalue weighted by atomic mass is 10.2. The number of phenols is 1. The minimum absolute atomic E-state index is 0.119. The average molecular weight is 277 g/mol. The van der Waals surface area contributed by atoms with Gasteiger partial charge in [-0.2, -0.15) is 4.98 Å². The van der Waals surface area contributed by atoms with Crippen molar-refractivity contribution in [1.29, 1.82) is 0 Å². The molecule has 1 heterocycles. The minimum atomic E-state index is -0.119. The standard InChI is InChI=1S/C14H19N3O3/c1-3-4-12(19-2)14-16-13(20-17-14)9-15-10-5-7-11(18)8-6-10/h5-8,12,15,18H,3-4,9H2,1-2H3. The molecular weight excluding hydrogens is 258 g/mol. The molecule has 0 spiro atoms. The smallest absolute Gasteiger partial charge is 0.246 e. The highest BCUT2D eigenvalue weighted by Gasteiger charge is 2.16. The second-order valence-electron chi connectivity index (χ2n) is 4.46. The first-order valence-electron chi connectivity index (χ1n) is 6.61. The Bertz CT molecular complexity index is 525. The molecule has 0 aliphatic rings. The van der Waals surface area contributed by atoms with Crippen molar-refractivity contribution in [3.05, 3.63) is 36.0 Å². The van der Waals surface area contributed by atoms with Crippen LogP contribution in [0.5, 0.6) is 5.75 Å². The highest BCUT2D eigenvalue weighted by molar-refractivity contribution is 5.45. The predicted octanol–water partition coefficient (Wildman–Crippen LogP) is 2.87. The van der Waals surface area contributed by atoms with Gasteiger partial charge in [-0.05, 0) is 30.7 Å². The first-order chi connectivity index (χ1) is 9.72. The van der Waals surface area contributed by atoms with E-state index in [9.17, 15) is 5.11 Å². The molecule has 0 saturated carbocycles. The van der Waals surface area contributed by atoms with Gasteiger partial charge < -0.3 is 19.7 Å². The number of anilines is 1. The normalized spacial score (nSPS) is 12.3. The third-order valence-corrected chi connectivity index (χ3v) is 2.92. The molecule has 2 rings (SSSR count). The van der Waals surface area contributed by atoms with Gasteiger partial charge in [0.1, 0.15) is 11.9 Å². The minimum Gasteiger partial charge on any atom is -0.508 e. The number of hydrogen-bond donors (Lipinski definition) is 2. The highest BCUT2D eigenvalue weighted by Crippen LogP contribution is 2.19. The number of benzene rings is 1. The fourth-order valence-corrected chi connectivity index (χ4v) is 1.84. The molecule has 0 aliphatic carbocycles. The number of aromatic hydroxyl groups is 1. The number of hydrogen-bond acceptors (Lipinski definition) is 6. The summed E-state index contributed by atoms with van der Waals surface area (Å²) in [6, 6.07) is 6.79. The van der Waals surface area contributed by atoms with Crippen LogP contribution in [0.25, 0.3) is 0 Å². The van der Waals surface area contributed by atoms with E-state index in [2.05, 4.69) is 22.4 Å². The van der Waals surface area contributed by atoms with Crippen molar-refractivity contribution < 1.29 is 14.4 Å². The molecule has 108 valence electrons. The molecule has 0 amide bonds. The average Bonchev–Trinajstić information content (AvgIpc) is 2.93. The predicted molar refractivity (Wildman–Crippen MR) is 74.4 cm³/mol. The van der Waals surface area contributed by atoms with Crippen LogP contribution in [-0.2, 0) is 11.3 Å². The number of rotatable bonds is 7. The van der Waals surface area contributed by atoms with Gasteiger partial charge in [0.2, 0.25) is 11.7 Å². The molecule has 6 nitrogen and oxygen atoms in total. The number of aromatic nitrogens is 2. The van der Waals surface area contributed by atoms with E-state index in [1.54, 1.807) is 31.4 Å². The summed E-state index contributed by atoms with van der Waals surface area (Å²) < 4.78 is 10.5. The molecule has 1 aromatic heterocycles. The lowest BCUT2D eigenvalue weighted by Crippen LogP contribution is -2.04.